The molecule has 1 aliphatic carbocycles. The summed E-state index contributed by atoms with van der Waals surface area (Å²) >= 11 is 0. The van der Waals surface area contributed by atoms with Crippen LogP contribution in [0, 0.1) is 0 Å². The SMILES string of the molecule is CC1(C)c2ccccc2-c2cc(N(c3ccc(-c4cccc5oc6cc7nc(-c8ccccc8)oc7cc6c45)cc3)c3cccc(-c4cccc5ccccc45)c3)ccc21. The molecule has 0 saturated heterocycles. The predicted octanol–water partition coefficient (Wildman–Crippen LogP) is 15.7. The maximum atomic E-state index is 6.48. The molecule has 284 valence electrons. The number of anilines is 3. The first-order valence-electron chi connectivity index (χ1n) is 20.5. The molecule has 2 aromatic heterocycles. The fourth-order valence-electron chi connectivity index (χ4n) is 9.57. The third kappa shape index (κ3) is 5.34. The largest absolute Gasteiger partial charge is 0.456 e. The van der Waals surface area contributed by atoms with Crippen LogP contribution in [0.4, 0.5) is 17.1 Å². The molecule has 0 spiro atoms. The Labute approximate surface area is 347 Å². The molecule has 0 unspecified atom stereocenters. The number of oxazole rings is 1. The van der Waals surface area contributed by atoms with Crippen LogP contribution in [0.15, 0.2) is 203 Å². The van der Waals surface area contributed by atoms with Gasteiger partial charge in [0.1, 0.15) is 16.7 Å². The number of furan rings is 1. The Morgan fingerprint density at radius 1 is 0.417 bits per heavy atom. The van der Waals surface area contributed by atoms with Crippen LogP contribution >= 0.6 is 0 Å². The molecule has 60 heavy (non-hydrogen) atoms. The third-order valence-corrected chi connectivity index (χ3v) is 12.5. The summed E-state index contributed by atoms with van der Waals surface area (Å²) in [4.78, 5) is 7.20. The lowest BCUT2D eigenvalue weighted by atomic mass is 9.82. The molecule has 4 heteroatoms. The quantitative estimate of drug-likeness (QED) is 0.169. The highest BCUT2D eigenvalue weighted by atomic mass is 16.4. The van der Waals surface area contributed by atoms with Gasteiger partial charge in [-0.25, -0.2) is 4.98 Å². The summed E-state index contributed by atoms with van der Waals surface area (Å²) in [6, 6.07) is 69.3. The number of aromatic nitrogens is 1. The molecule has 0 N–H and O–H groups in total. The van der Waals surface area contributed by atoms with E-state index < -0.39 is 0 Å². The Morgan fingerprint density at radius 2 is 1.10 bits per heavy atom. The molecular formula is C56H38N2O2. The monoisotopic (exact) mass is 770 g/mol. The van der Waals surface area contributed by atoms with E-state index in [2.05, 4.69) is 170 Å². The minimum Gasteiger partial charge on any atom is -0.456 e. The third-order valence-electron chi connectivity index (χ3n) is 12.5. The van der Waals surface area contributed by atoms with Gasteiger partial charge in [-0.15, -0.1) is 0 Å². The highest BCUT2D eigenvalue weighted by molar-refractivity contribution is 6.15. The Kier molecular flexibility index (Phi) is 7.54. The number of rotatable bonds is 6. The van der Waals surface area contributed by atoms with E-state index in [1.54, 1.807) is 0 Å². The lowest BCUT2D eigenvalue weighted by molar-refractivity contribution is 0.620. The summed E-state index contributed by atoms with van der Waals surface area (Å²) < 4.78 is 12.8. The Hall–Kier alpha value is -7.69. The van der Waals surface area contributed by atoms with Crippen molar-refractivity contribution in [2.45, 2.75) is 19.3 Å². The molecule has 11 aromatic rings. The summed E-state index contributed by atoms with van der Waals surface area (Å²) in [5, 5.41) is 4.53. The van der Waals surface area contributed by atoms with Gasteiger partial charge in [0.2, 0.25) is 5.89 Å². The Bertz CT molecular complexity index is 3460. The molecule has 0 saturated carbocycles. The van der Waals surface area contributed by atoms with E-state index in [0.29, 0.717) is 5.89 Å². The fourth-order valence-corrected chi connectivity index (χ4v) is 9.57. The summed E-state index contributed by atoms with van der Waals surface area (Å²) in [7, 11) is 0. The van der Waals surface area contributed by atoms with Crippen LogP contribution in [0.2, 0.25) is 0 Å². The standard InChI is InChI=1S/C56H38N2O2/c1-56(2)48-23-9-8-20-45(48)46-32-41(29-30-49(46)56)58(40-18-10-17-38(31-40)43-21-11-16-35-13-6-7-19-42(35)43)39-27-25-36(26-28-39)44-22-12-24-51-54(44)47-33-53-50(34-52(47)59-51)57-55(60-53)37-14-4-3-5-15-37/h3-34H,1-2H3. The second-order valence-corrected chi connectivity index (χ2v) is 16.3. The van der Waals surface area contributed by atoms with Gasteiger partial charge in [0.05, 0.1) is 0 Å². The first kappa shape index (κ1) is 34.4. The van der Waals surface area contributed by atoms with Crippen molar-refractivity contribution in [3.63, 3.8) is 0 Å². The molecule has 0 amide bonds. The zero-order chi connectivity index (χ0) is 40.0. The van der Waals surface area contributed by atoms with Gasteiger partial charge in [-0.05, 0) is 116 Å². The molecule has 2 heterocycles. The summed E-state index contributed by atoms with van der Waals surface area (Å²) in [5.74, 6) is 0.599. The van der Waals surface area contributed by atoms with E-state index in [1.807, 2.05) is 42.5 Å². The molecule has 0 aliphatic heterocycles. The maximum absolute atomic E-state index is 6.48. The fraction of sp³-hybridized carbons (Fsp3) is 0.0536. The van der Waals surface area contributed by atoms with E-state index in [9.17, 15) is 0 Å². The summed E-state index contributed by atoms with van der Waals surface area (Å²) in [6.07, 6.45) is 0. The van der Waals surface area contributed by atoms with Gasteiger partial charge in [-0.3, -0.25) is 0 Å². The first-order valence-corrected chi connectivity index (χ1v) is 20.5. The lowest BCUT2D eigenvalue weighted by Crippen LogP contribution is -2.15. The minimum atomic E-state index is -0.0765. The predicted molar refractivity (Wildman–Crippen MR) is 247 cm³/mol. The van der Waals surface area contributed by atoms with Gasteiger partial charge in [0.25, 0.3) is 0 Å². The highest BCUT2D eigenvalue weighted by Crippen LogP contribution is 2.51. The van der Waals surface area contributed by atoms with Crippen molar-refractivity contribution < 1.29 is 8.83 Å². The van der Waals surface area contributed by atoms with Crippen LogP contribution in [0.3, 0.4) is 0 Å². The topological polar surface area (TPSA) is 42.4 Å². The average molecular weight is 771 g/mol. The van der Waals surface area contributed by atoms with E-state index in [-0.39, 0.29) is 5.41 Å². The Morgan fingerprint density at radius 3 is 2.00 bits per heavy atom. The smallest absolute Gasteiger partial charge is 0.227 e. The second-order valence-electron chi connectivity index (χ2n) is 16.3. The average Bonchev–Trinajstić information content (AvgIpc) is 3.95. The number of hydrogen-bond donors (Lipinski definition) is 0. The van der Waals surface area contributed by atoms with Crippen LogP contribution in [0.1, 0.15) is 25.0 Å². The second kappa shape index (κ2) is 13.2. The minimum absolute atomic E-state index is 0.0765. The zero-order valence-electron chi connectivity index (χ0n) is 33.2. The van der Waals surface area contributed by atoms with Gasteiger partial charge >= 0.3 is 0 Å². The van der Waals surface area contributed by atoms with Gasteiger partial charge in [-0.2, -0.15) is 0 Å². The Balaban J connectivity index is 0.994. The number of hydrogen-bond acceptors (Lipinski definition) is 4. The molecule has 4 nitrogen and oxygen atoms in total. The zero-order valence-corrected chi connectivity index (χ0v) is 33.2. The van der Waals surface area contributed by atoms with Crippen molar-refractivity contribution in [1.29, 1.82) is 0 Å². The summed E-state index contributed by atoms with van der Waals surface area (Å²) in [6.45, 7) is 4.67. The molecule has 0 bridgehead atoms. The number of fused-ring (bicyclic) bond motifs is 8. The van der Waals surface area contributed by atoms with Gasteiger partial charge in [0, 0.05) is 44.9 Å². The van der Waals surface area contributed by atoms with Crippen molar-refractivity contribution in [3.8, 4) is 44.8 Å². The van der Waals surface area contributed by atoms with Crippen LogP contribution < -0.4 is 4.90 Å². The number of benzene rings is 9. The molecule has 0 radical (unpaired) electrons. The maximum Gasteiger partial charge on any atom is 0.227 e. The van der Waals surface area contributed by atoms with Crippen LogP contribution in [0.5, 0.6) is 0 Å². The van der Waals surface area contributed by atoms with Crippen molar-refractivity contribution in [3.05, 3.63) is 205 Å². The van der Waals surface area contributed by atoms with Crippen LogP contribution in [0.25, 0.3) is 88.6 Å². The van der Waals surface area contributed by atoms with Crippen LogP contribution in [-0.4, -0.2) is 4.98 Å². The van der Waals surface area contributed by atoms with E-state index in [4.69, 9.17) is 13.8 Å². The van der Waals surface area contributed by atoms with Gasteiger partial charge < -0.3 is 13.7 Å². The van der Waals surface area contributed by atoms with E-state index in [0.717, 1.165) is 66.8 Å². The van der Waals surface area contributed by atoms with E-state index >= 15 is 0 Å². The number of nitrogens with zero attached hydrogens (tertiary/aromatic N) is 2. The van der Waals surface area contributed by atoms with Crippen molar-refractivity contribution in [1.82, 2.24) is 4.98 Å². The highest BCUT2D eigenvalue weighted by Gasteiger charge is 2.35. The normalized spacial score (nSPS) is 13.0. The molecule has 12 rings (SSSR count). The van der Waals surface area contributed by atoms with Gasteiger partial charge in [0.15, 0.2) is 5.58 Å². The van der Waals surface area contributed by atoms with Crippen LogP contribution in [-0.2, 0) is 5.41 Å². The lowest BCUT2D eigenvalue weighted by Gasteiger charge is -2.28. The molecule has 9 aromatic carbocycles. The molecule has 1 aliphatic rings. The van der Waals surface area contributed by atoms with Crippen molar-refractivity contribution in [2.24, 2.45) is 0 Å². The van der Waals surface area contributed by atoms with Crippen molar-refractivity contribution >= 4 is 60.9 Å². The molecule has 0 fully saturated rings. The molecule has 0 atom stereocenters. The van der Waals surface area contributed by atoms with E-state index in [1.165, 1.54) is 44.2 Å². The van der Waals surface area contributed by atoms with Gasteiger partial charge in [-0.1, -0.05) is 141 Å². The first-order chi connectivity index (χ1) is 29.5. The summed E-state index contributed by atoms with van der Waals surface area (Å²) in [5.41, 5.74) is 17.2. The van der Waals surface area contributed by atoms with Crippen molar-refractivity contribution in [2.75, 3.05) is 4.90 Å². The molecular weight excluding hydrogens is 733 g/mol.